The lowest BCUT2D eigenvalue weighted by molar-refractivity contribution is -0.119. The quantitative estimate of drug-likeness (QED) is 0.259. The van der Waals surface area contributed by atoms with E-state index in [1.54, 1.807) is 42.5 Å². The van der Waals surface area contributed by atoms with E-state index in [1.807, 2.05) is 56.3 Å². The first kappa shape index (κ1) is 26.8. The minimum atomic E-state index is -4.00. The van der Waals surface area contributed by atoms with Crippen LogP contribution in [0.15, 0.2) is 108 Å². The zero-order chi connectivity index (χ0) is 27.0. The van der Waals surface area contributed by atoms with Crippen LogP contribution in [0.3, 0.4) is 0 Å². The molecule has 0 saturated heterocycles. The highest BCUT2D eigenvalue weighted by Crippen LogP contribution is 2.28. The Morgan fingerprint density at radius 1 is 0.763 bits per heavy atom. The second kappa shape index (κ2) is 12.3. The van der Waals surface area contributed by atoms with Gasteiger partial charge in [-0.05, 0) is 85.6 Å². The number of rotatable bonds is 11. The number of nitrogens with one attached hydrogen (secondary N) is 1. The van der Waals surface area contributed by atoms with Crippen molar-refractivity contribution in [3.63, 3.8) is 0 Å². The Hall–Kier alpha value is -4.30. The maximum Gasteiger partial charge on any atom is 0.264 e. The predicted octanol–water partition coefficient (Wildman–Crippen LogP) is 5.49. The molecule has 0 atom stereocenters. The molecule has 0 unspecified atom stereocenters. The summed E-state index contributed by atoms with van der Waals surface area (Å²) in [5.74, 6) is 1.49. The largest absolute Gasteiger partial charge is 0.492 e. The number of carbonyl (C=O) groups excluding carboxylic acids is 1. The van der Waals surface area contributed by atoms with Crippen LogP contribution >= 0.6 is 0 Å². The minimum absolute atomic E-state index is 0.0931. The summed E-state index contributed by atoms with van der Waals surface area (Å²) < 4.78 is 39.7. The first-order valence-electron chi connectivity index (χ1n) is 12.2. The van der Waals surface area contributed by atoms with E-state index in [9.17, 15) is 13.2 Å². The molecule has 0 aliphatic carbocycles. The second-order valence-electron chi connectivity index (χ2n) is 8.76. The maximum absolute atomic E-state index is 13.5. The van der Waals surface area contributed by atoms with Crippen LogP contribution in [0, 0.1) is 13.8 Å². The van der Waals surface area contributed by atoms with Gasteiger partial charge >= 0.3 is 0 Å². The lowest BCUT2D eigenvalue weighted by Crippen LogP contribution is -2.41. The molecule has 0 heterocycles. The molecule has 7 nitrogen and oxygen atoms in total. The van der Waals surface area contributed by atoms with Crippen molar-refractivity contribution < 1.29 is 22.7 Å². The highest BCUT2D eigenvalue weighted by atomic mass is 32.2. The third-order valence-electron chi connectivity index (χ3n) is 5.61. The van der Waals surface area contributed by atoms with Gasteiger partial charge in [0.05, 0.1) is 17.1 Å². The molecule has 1 amide bonds. The Balaban J connectivity index is 1.46. The van der Waals surface area contributed by atoms with Gasteiger partial charge in [0, 0.05) is 0 Å². The maximum atomic E-state index is 13.5. The third kappa shape index (κ3) is 7.14. The summed E-state index contributed by atoms with van der Waals surface area (Å²) in [6.45, 7) is 4.08. The number of sulfonamides is 1. The molecule has 4 aromatic carbocycles. The van der Waals surface area contributed by atoms with E-state index in [1.165, 1.54) is 12.1 Å². The molecule has 0 spiro atoms. The summed E-state index contributed by atoms with van der Waals surface area (Å²) in [7, 11) is -4.00. The molecule has 196 valence electrons. The normalized spacial score (nSPS) is 11.0. The molecule has 1 N–H and O–H groups in total. The number of benzene rings is 4. The van der Waals surface area contributed by atoms with E-state index in [-0.39, 0.29) is 24.6 Å². The average molecular weight is 531 g/mol. The van der Waals surface area contributed by atoms with Crippen molar-refractivity contribution in [2.75, 3.05) is 24.0 Å². The van der Waals surface area contributed by atoms with Gasteiger partial charge in [0.1, 0.15) is 30.4 Å². The van der Waals surface area contributed by atoms with Crippen LogP contribution in [0.1, 0.15) is 11.1 Å². The first-order chi connectivity index (χ1) is 18.3. The molecule has 8 heteroatoms. The van der Waals surface area contributed by atoms with Gasteiger partial charge in [0.25, 0.3) is 10.0 Å². The van der Waals surface area contributed by atoms with E-state index in [4.69, 9.17) is 9.47 Å². The van der Waals surface area contributed by atoms with E-state index >= 15 is 0 Å². The molecule has 0 aliphatic rings. The number of para-hydroxylation sites is 1. The van der Waals surface area contributed by atoms with Crippen LogP contribution in [0.2, 0.25) is 0 Å². The lowest BCUT2D eigenvalue weighted by atomic mass is 10.1. The van der Waals surface area contributed by atoms with E-state index in [0.29, 0.717) is 17.2 Å². The second-order valence-corrected chi connectivity index (χ2v) is 10.6. The van der Waals surface area contributed by atoms with Crippen LogP contribution in [0.25, 0.3) is 0 Å². The van der Waals surface area contributed by atoms with Crippen molar-refractivity contribution in [1.82, 2.24) is 5.32 Å². The summed E-state index contributed by atoms with van der Waals surface area (Å²) >= 11 is 0. The summed E-state index contributed by atoms with van der Waals surface area (Å²) in [4.78, 5) is 12.9. The summed E-state index contributed by atoms with van der Waals surface area (Å²) in [5.41, 5.74) is 2.52. The standard InChI is InChI=1S/C30H30N2O5S/c1-23-19-24(2)21-28(20-23)36-18-17-31-30(33)22-32(38(34,35)29-11-7-4-8-12-29)25-13-15-27(16-14-25)37-26-9-5-3-6-10-26/h3-16,19-21H,17-18,22H2,1-2H3,(H,31,33). The molecule has 0 radical (unpaired) electrons. The van der Waals surface area contributed by atoms with Crippen molar-refractivity contribution in [2.24, 2.45) is 0 Å². The molecule has 4 aromatic rings. The number of ether oxygens (including phenoxy) is 2. The van der Waals surface area contributed by atoms with Crippen molar-refractivity contribution in [3.8, 4) is 17.2 Å². The molecule has 38 heavy (non-hydrogen) atoms. The van der Waals surface area contributed by atoms with Gasteiger partial charge < -0.3 is 14.8 Å². The van der Waals surface area contributed by atoms with Gasteiger partial charge in [-0.15, -0.1) is 0 Å². The minimum Gasteiger partial charge on any atom is -0.492 e. The molecule has 0 bridgehead atoms. The smallest absolute Gasteiger partial charge is 0.264 e. The fourth-order valence-corrected chi connectivity index (χ4v) is 5.34. The molecule has 0 saturated carbocycles. The van der Waals surface area contributed by atoms with E-state index < -0.39 is 15.9 Å². The Morgan fingerprint density at radius 2 is 1.34 bits per heavy atom. The van der Waals surface area contributed by atoms with Gasteiger partial charge in [-0.3, -0.25) is 9.10 Å². The molecular formula is C30H30N2O5S. The number of hydrogen-bond acceptors (Lipinski definition) is 5. The van der Waals surface area contributed by atoms with Crippen LogP contribution in [-0.2, 0) is 14.8 Å². The van der Waals surface area contributed by atoms with E-state index in [0.717, 1.165) is 21.2 Å². The number of anilines is 1. The van der Waals surface area contributed by atoms with Crippen molar-refractivity contribution in [2.45, 2.75) is 18.7 Å². The Labute approximate surface area is 223 Å². The first-order valence-corrected chi connectivity index (χ1v) is 13.6. The number of aryl methyl sites for hydroxylation is 2. The van der Waals surface area contributed by atoms with Crippen LogP contribution in [-0.4, -0.2) is 34.0 Å². The third-order valence-corrected chi connectivity index (χ3v) is 7.40. The topological polar surface area (TPSA) is 84.9 Å². The number of amides is 1. The number of carbonyl (C=O) groups is 1. The Bertz CT molecular complexity index is 1440. The van der Waals surface area contributed by atoms with Crippen molar-refractivity contribution in [1.29, 1.82) is 0 Å². The average Bonchev–Trinajstić information content (AvgIpc) is 2.91. The molecule has 4 rings (SSSR count). The highest BCUT2D eigenvalue weighted by Gasteiger charge is 2.27. The van der Waals surface area contributed by atoms with Crippen LogP contribution < -0.4 is 19.1 Å². The van der Waals surface area contributed by atoms with Gasteiger partial charge in [-0.2, -0.15) is 0 Å². The molecule has 0 fully saturated rings. The Morgan fingerprint density at radius 3 is 1.97 bits per heavy atom. The van der Waals surface area contributed by atoms with Gasteiger partial charge in [-0.1, -0.05) is 42.5 Å². The van der Waals surface area contributed by atoms with Crippen molar-refractivity contribution >= 4 is 21.6 Å². The Kier molecular flexibility index (Phi) is 8.66. The van der Waals surface area contributed by atoms with Gasteiger partial charge in [0.15, 0.2) is 0 Å². The van der Waals surface area contributed by atoms with Crippen molar-refractivity contribution in [3.05, 3.63) is 114 Å². The summed E-state index contributed by atoms with van der Waals surface area (Å²) in [6, 6.07) is 29.8. The SMILES string of the molecule is Cc1cc(C)cc(OCCNC(=O)CN(c2ccc(Oc3ccccc3)cc2)S(=O)(=O)c2ccccc2)c1. The van der Waals surface area contributed by atoms with Crippen LogP contribution in [0.5, 0.6) is 17.2 Å². The molecular weight excluding hydrogens is 500 g/mol. The zero-order valence-electron chi connectivity index (χ0n) is 21.3. The van der Waals surface area contributed by atoms with Crippen LogP contribution in [0.4, 0.5) is 5.69 Å². The lowest BCUT2D eigenvalue weighted by Gasteiger charge is -2.24. The fourth-order valence-electron chi connectivity index (χ4n) is 3.90. The summed E-state index contributed by atoms with van der Waals surface area (Å²) in [6.07, 6.45) is 0. The number of nitrogens with zero attached hydrogens (tertiary/aromatic N) is 1. The van der Waals surface area contributed by atoms with Gasteiger partial charge in [0.2, 0.25) is 5.91 Å². The highest BCUT2D eigenvalue weighted by molar-refractivity contribution is 7.92. The zero-order valence-corrected chi connectivity index (χ0v) is 22.1. The van der Waals surface area contributed by atoms with E-state index in [2.05, 4.69) is 11.4 Å². The fraction of sp³-hybridized carbons (Fsp3) is 0.167. The molecule has 0 aromatic heterocycles. The number of hydrogen-bond donors (Lipinski definition) is 1. The predicted molar refractivity (Wildman–Crippen MR) is 148 cm³/mol. The molecule has 0 aliphatic heterocycles. The summed E-state index contributed by atoms with van der Waals surface area (Å²) in [5, 5.41) is 2.76. The monoisotopic (exact) mass is 530 g/mol. The van der Waals surface area contributed by atoms with Gasteiger partial charge in [-0.25, -0.2) is 8.42 Å².